The summed E-state index contributed by atoms with van der Waals surface area (Å²) < 4.78 is 5.50. The topological polar surface area (TPSA) is 58.6 Å². The molecule has 2 amide bonds. The zero-order valence-corrected chi connectivity index (χ0v) is 18.6. The molecule has 0 unspecified atom stereocenters. The minimum atomic E-state index is -0.307. The first-order chi connectivity index (χ1) is 14.1. The van der Waals surface area contributed by atoms with Gasteiger partial charge in [0.15, 0.2) is 0 Å². The van der Waals surface area contributed by atoms with Crippen molar-refractivity contribution in [3.8, 4) is 5.75 Å². The van der Waals surface area contributed by atoms with Crippen molar-refractivity contribution in [1.29, 1.82) is 0 Å². The van der Waals surface area contributed by atoms with Crippen molar-refractivity contribution in [3.05, 3.63) is 65.4 Å². The Labute approximate surface area is 178 Å². The Morgan fingerprint density at radius 1 is 0.933 bits per heavy atom. The molecule has 158 valence electrons. The van der Waals surface area contributed by atoms with Crippen molar-refractivity contribution >= 4 is 23.1 Å². The van der Waals surface area contributed by atoms with Crippen LogP contribution in [0.25, 0.3) is 5.57 Å². The number of nitrogens with one attached hydrogen (secondary N) is 1. The van der Waals surface area contributed by atoms with Crippen molar-refractivity contribution in [3.63, 3.8) is 0 Å². The third-order valence-corrected chi connectivity index (χ3v) is 5.11. The van der Waals surface area contributed by atoms with Crippen LogP contribution in [-0.4, -0.2) is 29.4 Å². The molecule has 0 aromatic heterocycles. The quantitative estimate of drug-likeness (QED) is 0.687. The molecule has 30 heavy (non-hydrogen) atoms. The largest absolute Gasteiger partial charge is 0.494 e. The van der Waals surface area contributed by atoms with Crippen molar-refractivity contribution < 1.29 is 14.3 Å². The number of benzene rings is 2. The lowest BCUT2D eigenvalue weighted by molar-refractivity contribution is -0.138. The van der Waals surface area contributed by atoms with Crippen LogP contribution in [0.1, 0.15) is 52.7 Å². The summed E-state index contributed by atoms with van der Waals surface area (Å²) in [5.41, 5.74) is 3.39. The van der Waals surface area contributed by atoms with Crippen LogP contribution in [0.4, 0.5) is 5.69 Å². The summed E-state index contributed by atoms with van der Waals surface area (Å²) >= 11 is 0. The summed E-state index contributed by atoms with van der Waals surface area (Å²) in [5.74, 6) is 0.137. The molecule has 0 saturated carbocycles. The molecule has 1 aliphatic heterocycles. The molecule has 2 aromatic rings. The van der Waals surface area contributed by atoms with Crippen LogP contribution in [-0.2, 0) is 15.0 Å². The van der Waals surface area contributed by atoms with E-state index >= 15 is 0 Å². The van der Waals surface area contributed by atoms with Gasteiger partial charge in [-0.05, 0) is 61.6 Å². The van der Waals surface area contributed by atoms with Crippen molar-refractivity contribution in [2.45, 2.75) is 53.0 Å². The van der Waals surface area contributed by atoms with Crippen molar-refractivity contribution in [2.75, 3.05) is 11.9 Å². The van der Waals surface area contributed by atoms with Crippen LogP contribution in [0.2, 0.25) is 0 Å². The van der Waals surface area contributed by atoms with E-state index in [0.29, 0.717) is 23.4 Å². The molecule has 0 radical (unpaired) electrons. The predicted octanol–water partition coefficient (Wildman–Crippen LogP) is 4.98. The molecule has 5 nitrogen and oxygen atoms in total. The Balaban J connectivity index is 2.01. The number of imide groups is 1. The molecule has 2 aromatic carbocycles. The lowest BCUT2D eigenvalue weighted by atomic mass is 9.87. The van der Waals surface area contributed by atoms with Gasteiger partial charge in [0, 0.05) is 11.7 Å². The normalized spacial score (nSPS) is 14.7. The highest BCUT2D eigenvalue weighted by molar-refractivity contribution is 6.36. The summed E-state index contributed by atoms with van der Waals surface area (Å²) in [5, 5.41) is 3.21. The first-order valence-electron chi connectivity index (χ1n) is 10.4. The maximum Gasteiger partial charge on any atom is 0.278 e. The number of hydrogen-bond donors (Lipinski definition) is 1. The van der Waals surface area contributed by atoms with E-state index in [9.17, 15) is 9.59 Å². The smallest absolute Gasteiger partial charge is 0.278 e. The van der Waals surface area contributed by atoms with Crippen LogP contribution in [0.5, 0.6) is 5.75 Å². The summed E-state index contributed by atoms with van der Waals surface area (Å²) in [6.45, 7) is 12.6. The second-order valence-corrected chi connectivity index (χ2v) is 8.73. The Hall–Kier alpha value is -3.08. The van der Waals surface area contributed by atoms with E-state index in [1.54, 1.807) is 0 Å². The number of hydrogen-bond acceptors (Lipinski definition) is 4. The first-order valence-corrected chi connectivity index (χ1v) is 10.4. The Bertz CT molecular complexity index is 965. The molecule has 0 bridgehead atoms. The predicted molar refractivity (Wildman–Crippen MR) is 120 cm³/mol. The van der Waals surface area contributed by atoms with Gasteiger partial charge in [0.05, 0.1) is 12.2 Å². The van der Waals surface area contributed by atoms with E-state index in [0.717, 1.165) is 11.4 Å². The molecule has 0 fully saturated rings. The minimum Gasteiger partial charge on any atom is -0.494 e. The van der Waals surface area contributed by atoms with Gasteiger partial charge in [0.2, 0.25) is 0 Å². The number of nitrogens with zero attached hydrogens (tertiary/aromatic N) is 1. The van der Waals surface area contributed by atoms with Crippen LogP contribution < -0.4 is 10.1 Å². The second-order valence-electron chi connectivity index (χ2n) is 8.73. The molecule has 0 saturated heterocycles. The van der Waals surface area contributed by atoms with Gasteiger partial charge in [-0.1, -0.05) is 45.0 Å². The van der Waals surface area contributed by atoms with E-state index in [-0.39, 0.29) is 23.3 Å². The van der Waals surface area contributed by atoms with Crippen LogP contribution in [0.15, 0.2) is 54.2 Å². The van der Waals surface area contributed by atoms with Gasteiger partial charge in [-0.3, -0.25) is 14.5 Å². The fourth-order valence-corrected chi connectivity index (χ4v) is 3.48. The van der Waals surface area contributed by atoms with Crippen molar-refractivity contribution in [1.82, 2.24) is 4.90 Å². The lowest BCUT2D eigenvalue weighted by Gasteiger charge is -2.20. The van der Waals surface area contributed by atoms with Gasteiger partial charge >= 0.3 is 0 Å². The monoisotopic (exact) mass is 406 g/mol. The van der Waals surface area contributed by atoms with Gasteiger partial charge in [-0.2, -0.15) is 0 Å². The summed E-state index contributed by atoms with van der Waals surface area (Å²) in [6, 6.07) is 15.0. The average Bonchev–Trinajstić information content (AvgIpc) is 2.92. The third-order valence-electron chi connectivity index (χ3n) is 5.11. The van der Waals surface area contributed by atoms with E-state index < -0.39 is 0 Å². The fraction of sp³-hybridized carbons (Fsp3) is 0.360. The SMILES string of the molecule is CCOc1ccc(C2=C(Nc3ccc(C(C)(C)C)cc3)C(=O)N(C(C)C)C2=O)cc1. The van der Waals surface area contributed by atoms with Gasteiger partial charge in [-0.15, -0.1) is 0 Å². The van der Waals surface area contributed by atoms with E-state index in [1.165, 1.54) is 10.5 Å². The molecule has 0 atom stereocenters. The van der Waals surface area contributed by atoms with Crippen LogP contribution in [0.3, 0.4) is 0 Å². The fourth-order valence-electron chi connectivity index (χ4n) is 3.48. The van der Waals surface area contributed by atoms with Crippen molar-refractivity contribution in [2.24, 2.45) is 0 Å². The summed E-state index contributed by atoms with van der Waals surface area (Å²) in [7, 11) is 0. The molecule has 1 aliphatic rings. The second kappa shape index (κ2) is 8.34. The van der Waals surface area contributed by atoms with Gasteiger partial charge in [0.1, 0.15) is 11.4 Å². The number of carbonyl (C=O) groups is 2. The third kappa shape index (κ3) is 4.25. The number of carbonyl (C=O) groups excluding carboxylic acids is 2. The van der Waals surface area contributed by atoms with Gasteiger partial charge in [-0.25, -0.2) is 0 Å². The Morgan fingerprint density at radius 2 is 1.53 bits per heavy atom. The molecule has 1 heterocycles. The maximum atomic E-state index is 13.1. The number of rotatable bonds is 6. The zero-order chi connectivity index (χ0) is 22.1. The first kappa shape index (κ1) is 21.6. The van der Waals surface area contributed by atoms with Crippen LogP contribution >= 0.6 is 0 Å². The standard InChI is InChI=1S/C25H30N2O3/c1-7-30-20-14-8-17(9-15-20)21-22(24(29)27(16(2)3)23(21)28)26-19-12-10-18(11-13-19)25(4,5)6/h8-16,26H,7H2,1-6H3. The summed E-state index contributed by atoms with van der Waals surface area (Å²) in [4.78, 5) is 27.5. The van der Waals surface area contributed by atoms with E-state index in [1.807, 2.05) is 69.3 Å². The Morgan fingerprint density at radius 3 is 2.03 bits per heavy atom. The molecule has 5 heteroatoms. The average molecular weight is 407 g/mol. The number of ether oxygens (including phenoxy) is 1. The highest BCUT2D eigenvalue weighted by Gasteiger charge is 2.40. The molecule has 3 rings (SSSR count). The summed E-state index contributed by atoms with van der Waals surface area (Å²) in [6.07, 6.45) is 0. The van der Waals surface area contributed by atoms with Crippen LogP contribution in [0, 0.1) is 0 Å². The highest BCUT2D eigenvalue weighted by atomic mass is 16.5. The zero-order valence-electron chi connectivity index (χ0n) is 18.6. The minimum absolute atomic E-state index is 0.0405. The lowest BCUT2D eigenvalue weighted by Crippen LogP contribution is -2.38. The highest BCUT2D eigenvalue weighted by Crippen LogP contribution is 2.33. The van der Waals surface area contributed by atoms with Gasteiger partial charge < -0.3 is 10.1 Å². The van der Waals surface area contributed by atoms with E-state index in [4.69, 9.17) is 4.74 Å². The molecule has 1 N–H and O–H groups in total. The Kier molecular flexibility index (Phi) is 6.01. The number of amides is 2. The number of anilines is 1. The van der Waals surface area contributed by atoms with E-state index in [2.05, 4.69) is 26.1 Å². The molecule has 0 aliphatic carbocycles. The molecule has 0 spiro atoms. The maximum absolute atomic E-state index is 13.1. The van der Waals surface area contributed by atoms with Gasteiger partial charge in [0.25, 0.3) is 11.8 Å². The molecular formula is C25H30N2O3. The molecular weight excluding hydrogens is 376 g/mol.